The van der Waals surface area contributed by atoms with Crippen LogP contribution in [0.15, 0.2) is 0 Å². The Balaban J connectivity index is 2.35. The fourth-order valence-corrected chi connectivity index (χ4v) is 3.68. The molecule has 34 heavy (non-hydrogen) atoms. The Morgan fingerprint density at radius 3 is 2.00 bits per heavy atom. The summed E-state index contributed by atoms with van der Waals surface area (Å²) in [4.78, 5) is 24.5. The molecule has 0 bridgehead atoms. The smallest absolute Gasteiger partial charge is 0.308 e. The first kappa shape index (κ1) is 28.8. The van der Waals surface area contributed by atoms with Crippen LogP contribution in [0.4, 0.5) is 0 Å². The lowest BCUT2D eigenvalue weighted by atomic mass is 9.97. The van der Waals surface area contributed by atoms with Gasteiger partial charge in [-0.3, -0.25) is 9.59 Å². The van der Waals surface area contributed by atoms with Crippen molar-refractivity contribution in [1.29, 1.82) is 0 Å². The number of rotatable bonds is 10. The van der Waals surface area contributed by atoms with Gasteiger partial charge >= 0.3 is 11.9 Å². The molecule has 0 aromatic heterocycles. The molecule has 13 nitrogen and oxygen atoms in total. The minimum absolute atomic E-state index is 0.0197. The Morgan fingerprint density at radius 1 is 0.912 bits per heavy atom. The van der Waals surface area contributed by atoms with Crippen molar-refractivity contribution in [3.05, 3.63) is 0 Å². The van der Waals surface area contributed by atoms with Crippen LogP contribution in [0.1, 0.15) is 34.1 Å². The second-order valence-electron chi connectivity index (χ2n) is 9.19. The van der Waals surface area contributed by atoms with Crippen LogP contribution < -0.4 is 0 Å². The van der Waals surface area contributed by atoms with Gasteiger partial charge in [0.15, 0.2) is 12.2 Å². The zero-order chi connectivity index (χ0) is 25.8. The third-order valence-electron chi connectivity index (χ3n) is 5.58. The van der Waals surface area contributed by atoms with E-state index < -0.39 is 92.5 Å². The Bertz CT molecular complexity index is 686. The third-order valence-corrected chi connectivity index (χ3v) is 5.58. The lowest BCUT2D eigenvalue weighted by molar-refractivity contribution is -0.384. The molecule has 0 aromatic carbocycles. The van der Waals surface area contributed by atoms with E-state index in [4.69, 9.17) is 23.7 Å². The van der Waals surface area contributed by atoms with Crippen LogP contribution in [0.3, 0.4) is 0 Å². The van der Waals surface area contributed by atoms with E-state index in [-0.39, 0.29) is 12.3 Å². The summed E-state index contributed by atoms with van der Waals surface area (Å²) in [5, 5.41) is 60.6. The monoisotopic (exact) mass is 496 g/mol. The zero-order valence-corrected chi connectivity index (χ0v) is 19.6. The van der Waals surface area contributed by atoms with Crippen LogP contribution in [0, 0.1) is 11.8 Å². The van der Waals surface area contributed by atoms with Crippen LogP contribution in [0.25, 0.3) is 0 Å². The molecule has 2 rings (SSSR count). The summed E-state index contributed by atoms with van der Waals surface area (Å²) in [6.07, 6.45) is -12.7. The predicted octanol–water partition coefficient (Wildman–Crippen LogP) is -2.59. The quantitative estimate of drug-likeness (QED) is 0.172. The minimum Gasteiger partial charge on any atom is -0.457 e. The van der Waals surface area contributed by atoms with Gasteiger partial charge in [-0.25, -0.2) is 0 Å². The van der Waals surface area contributed by atoms with Crippen LogP contribution >= 0.6 is 0 Å². The van der Waals surface area contributed by atoms with Gasteiger partial charge in [0.25, 0.3) is 0 Å². The minimum atomic E-state index is -2.32. The largest absolute Gasteiger partial charge is 0.457 e. The van der Waals surface area contributed by atoms with Gasteiger partial charge in [0.2, 0.25) is 12.1 Å². The van der Waals surface area contributed by atoms with Gasteiger partial charge < -0.3 is 54.3 Å². The molecule has 0 aliphatic carbocycles. The maximum Gasteiger partial charge on any atom is 0.308 e. The maximum absolute atomic E-state index is 12.3. The topological polar surface area (TPSA) is 202 Å². The Hall–Kier alpha value is -1.42. The lowest BCUT2D eigenvalue weighted by Crippen LogP contribution is -2.64. The number of esters is 2. The van der Waals surface area contributed by atoms with E-state index >= 15 is 0 Å². The van der Waals surface area contributed by atoms with Crippen molar-refractivity contribution in [3.63, 3.8) is 0 Å². The van der Waals surface area contributed by atoms with E-state index in [1.165, 1.54) is 13.8 Å². The first-order chi connectivity index (χ1) is 15.9. The molecule has 198 valence electrons. The van der Waals surface area contributed by atoms with Crippen molar-refractivity contribution < 1.29 is 63.9 Å². The molecule has 9 atom stereocenters. The molecule has 2 heterocycles. The molecule has 2 aliphatic rings. The van der Waals surface area contributed by atoms with E-state index in [0.29, 0.717) is 0 Å². The number of hydrogen-bond acceptors (Lipinski definition) is 13. The molecule has 2 fully saturated rings. The van der Waals surface area contributed by atoms with Crippen LogP contribution in [-0.4, -0.2) is 117 Å². The molecule has 2 saturated heterocycles. The van der Waals surface area contributed by atoms with Crippen molar-refractivity contribution >= 4 is 11.9 Å². The average molecular weight is 497 g/mol. The highest BCUT2D eigenvalue weighted by molar-refractivity contribution is 5.72. The molecule has 0 unspecified atom stereocenters. The highest BCUT2D eigenvalue weighted by atomic mass is 16.8. The summed E-state index contributed by atoms with van der Waals surface area (Å²) in [5.74, 6) is -4.45. The molecule has 0 radical (unpaired) electrons. The number of ether oxygens (including phenoxy) is 5. The Labute approximate surface area is 197 Å². The van der Waals surface area contributed by atoms with Crippen LogP contribution in [0.5, 0.6) is 0 Å². The van der Waals surface area contributed by atoms with Crippen molar-refractivity contribution in [1.82, 2.24) is 0 Å². The van der Waals surface area contributed by atoms with E-state index in [1.54, 1.807) is 13.8 Å². The van der Waals surface area contributed by atoms with Crippen LogP contribution in [-0.2, 0) is 33.3 Å². The summed E-state index contributed by atoms with van der Waals surface area (Å²) >= 11 is 0. The van der Waals surface area contributed by atoms with Gasteiger partial charge in [-0.15, -0.1) is 0 Å². The van der Waals surface area contributed by atoms with E-state index in [0.717, 1.165) is 0 Å². The zero-order valence-electron chi connectivity index (χ0n) is 19.6. The van der Waals surface area contributed by atoms with Gasteiger partial charge in [0.05, 0.1) is 19.1 Å². The number of carbonyl (C=O) groups excluding carboxylic acids is 2. The summed E-state index contributed by atoms with van der Waals surface area (Å²) in [5.41, 5.74) is 0. The van der Waals surface area contributed by atoms with Gasteiger partial charge in [0, 0.05) is 6.42 Å². The van der Waals surface area contributed by atoms with E-state index in [9.17, 15) is 40.2 Å². The third kappa shape index (κ3) is 6.22. The maximum atomic E-state index is 12.3. The van der Waals surface area contributed by atoms with Gasteiger partial charge in [0.1, 0.15) is 37.1 Å². The van der Waals surface area contributed by atoms with Crippen LogP contribution in [0.2, 0.25) is 0 Å². The summed E-state index contributed by atoms with van der Waals surface area (Å²) in [7, 11) is 0. The lowest BCUT2D eigenvalue weighted by Gasteiger charge is -2.45. The Morgan fingerprint density at radius 2 is 1.53 bits per heavy atom. The first-order valence-electron chi connectivity index (χ1n) is 11.2. The second kappa shape index (κ2) is 12.0. The van der Waals surface area contributed by atoms with E-state index in [2.05, 4.69) is 0 Å². The highest BCUT2D eigenvalue weighted by Crippen LogP contribution is 2.37. The fraction of sp³-hybridized carbons (Fsp3) is 0.905. The van der Waals surface area contributed by atoms with Crippen molar-refractivity contribution in [2.24, 2.45) is 11.8 Å². The highest BCUT2D eigenvalue weighted by Gasteiger charge is 2.59. The molecule has 13 heteroatoms. The number of hydrogen-bond donors (Lipinski definition) is 6. The first-order valence-corrected chi connectivity index (χ1v) is 11.2. The molecule has 0 aromatic rings. The van der Waals surface area contributed by atoms with Crippen molar-refractivity contribution in [3.8, 4) is 0 Å². The summed E-state index contributed by atoms with van der Waals surface area (Å²) < 4.78 is 27.2. The normalized spacial score (nSPS) is 38.4. The molecular weight excluding hydrogens is 460 g/mol. The molecule has 6 N–H and O–H groups in total. The summed E-state index contributed by atoms with van der Waals surface area (Å²) in [6, 6.07) is 0. The van der Waals surface area contributed by atoms with Gasteiger partial charge in [-0.2, -0.15) is 0 Å². The molecule has 0 amide bonds. The van der Waals surface area contributed by atoms with Crippen molar-refractivity contribution in [2.45, 2.75) is 88.9 Å². The standard InChI is InChI=1S/C21H36O13/c1-9(2)5-13(25)31-16-12(7-23)30-20(17(15(16)27)32-19(29)10(3)4)34-21(8-24)18(28)14(26)11(6-22)33-21/h9-12,14-18,20,22-24,26-28H,5-8H2,1-4H3/t11-,12-,14-,15+,16-,17-,18+,20-,21+/m1/s1. The fourth-order valence-electron chi connectivity index (χ4n) is 3.68. The van der Waals surface area contributed by atoms with Gasteiger partial charge in [-0.1, -0.05) is 27.7 Å². The van der Waals surface area contributed by atoms with Crippen molar-refractivity contribution in [2.75, 3.05) is 19.8 Å². The SMILES string of the molecule is CC(C)CC(=O)O[C@H]1[C@H](O)[C@@H](OC(=O)C(C)C)[C@@H](O[C@]2(CO)O[C@H](CO)[C@@H](O)[C@@H]2O)O[C@@H]1CO. The van der Waals surface area contributed by atoms with E-state index in [1.807, 2.05) is 0 Å². The number of aliphatic hydroxyl groups is 6. The molecule has 2 aliphatic heterocycles. The predicted molar refractivity (Wildman–Crippen MR) is 111 cm³/mol. The molecule has 0 saturated carbocycles. The molecular formula is C21H36O13. The average Bonchev–Trinajstić information content (AvgIpc) is 3.02. The Kier molecular flexibility index (Phi) is 10.2. The number of carbonyl (C=O) groups is 2. The summed E-state index contributed by atoms with van der Waals surface area (Å²) in [6.45, 7) is 4.17. The molecule has 0 spiro atoms. The second-order valence-corrected chi connectivity index (χ2v) is 9.19. The number of aliphatic hydroxyl groups excluding tert-OH is 6. The van der Waals surface area contributed by atoms with Gasteiger partial charge in [-0.05, 0) is 5.92 Å².